The Bertz CT molecular complexity index is 931. The first-order valence-corrected chi connectivity index (χ1v) is 9.18. The summed E-state index contributed by atoms with van der Waals surface area (Å²) in [6, 6.07) is 3.89. The van der Waals surface area contributed by atoms with Crippen molar-refractivity contribution in [3.05, 3.63) is 53.0 Å². The quantitative estimate of drug-likeness (QED) is 0.783. The number of hydrogen-bond acceptors (Lipinski definition) is 6. The second kappa shape index (κ2) is 7.51. The number of esters is 1. The molecule has 0 amide bonds. The molecule has 0 aliphatic carbocycles. The zero-order valence-electron chi connectivity index (χ0n) is 15.6. The van der Waals surface area contributed by atoms with E-state index in [0.29, 0.717) is 23.8 Å². The van der Waals surface area contributed by atoms with E-state index in [1.165, 1.54) is 23.1 Å². The fourth-order valence-corrected chi connectivity index (χ4v) is 3.54. The zero-order valence-corrected chi connectivity index (χ0v) is 15.6. The van der Waals surface area contributed by atoms with Gasteiger partial charge in [0, 0.05) is 12.3 Å². The van der Waals surface area contributed by atoms with Crippen LogP contribution in [-0.2, 0) is 20.4 Å². The van der Waals surface area contributed by atoms with Crippen molar-refractivity contribution in [3.63, 3.8) is 0 Å². The predicted octanol–water partition coefficient (Wildman–Crippen LogP) is 3.31. The molecule has 2 aliphatic rings. The van der Waals surface area contributed by atoms with Gasteiger partial charge in [-0.15, -0.1) is 0 Å². The van der Waals surface area contributed by atoms with Crippen LogP contribution >= 0.6 is 0 Å². The van der Waals surface area contributed by atoms with Crippen molar-refractivity contribution in [2.45, 2.75) is 38.1 Å². The average Bonchev–Trinajstić information content (AvgIpc) is 3.36. The molecule has 7 nitrogen and oxygen atoms in total. The lowest BCUT2D eigenvalue weighted by Crippen LogP contribution is -2.31. The number of ether oxygens (including phenoxy) is 2. The highest BCUT2D eigenvalue weighted by molar-refractivity contribution is 5.92. The van der Waals surface area contributed by atoms with Crippen molar-refractivity contribution < 1.29 is 27.4 Å². The van der Waals surface area contributed by atoms with Crippen LogP contribution in [0, 0.1) is 0 Å². The van der Waals surface area contributed by atoms with Gasteiger partial charge in [0.25, 0.3) is 0 Å². The molecule has 3 heterocycles. The Balaban J connectivity index is 1.65. The summed E-state index contributed by atoms with van der Waals surface area (Å²) >= 11 is 0. The number of nitrogens with one attached hydrogen (secondary N) is 1. The summed E-state index contributed by atoms with van der Waals surface area (Å²) in [5, 5.41) is 7.14. The number of benzene rings is 1. The highest BCUT2D eigenvalue weighted by Crippen LogP contribution is 2.37. The van der Waals surface area contributed by atoms with Gasteiger partial charge in [0.15, 0.2) is 0 Å². The molecule has 1 fully saturated rings. The molecule has 0 radical (unpaired) electrons. The van der Waals surface area contributed by atoms with Crippen molar-refractivity contribution in [1.82, 2.24) is 14.8 Å². The SMILES string of the molecule is CC1=C(C(=O)OC[C@H]2CCCO2)[C@H](c2ccc(C(F)(F)F)cc2)n2ncnc2N1. The fourth-order valence-electron chi connectivity index (χ4n) is 3.54. The lowest BCUT2D eigenvalue weighted by atomic mass is 9.95. The Kier molecular flexibility index (Phi) is 5.03. The minimum absolute atomic E-state index is 0.125. The summed E-state index contributed by atoms with van der Waals surface area (Å²) < 4.78 is 51.2. The number of hydrogen-bond donors (Lipinski definition) is 1. The van der Waals surface area contributed by atoms with Crippen molar-refractivity contribution in [2.24, 2.45) is 0 Å². The van der Waals surface area contributed by atoms with Gasteiger partial charge in [-0.05, 0) is 37.5 Å². The van der Waals surface area contributed by atoms with E-state index >= 15 is 0 Å². The molecular formula is C19H19F3N4O3. The van der Waals surface area contributed by atoms with E-state index < -0.39 is 23.8 Å². The molecule has 0 bridgehead atoms. The van der Waals surface area contributed by atoms with Crippen LogP contribution in [0.4, 0.5) is 19.1 Å². The maximum absolute atomic E-state index is 12.9. The third-order valence-corrected chi connectivity index (χ3v) is 4.99. The molecule has 1 aromatic carbocycles. The maximum Gasteiger partial charge on any atom is 0.416 e. The van der Waals surface area contributed by atoms with Crippen molar-refractivity contribution in [3.8, 4) is 0 Å². The molecule has 2 aliphatic heterocycles. The molecule has 1 saturated heterocycles. The first-order chi connectivity index (χ1) is 13.8. The van der Waals surface area contributed by atoms with Crippen LogP contribution in [0.2, 0.25) is 0 Å². The number of rotatable bonds is 4. The van der Waals surface area contributed by atoms with Gasteiger partial charge in [0.2, 0.25) is 5.95 Å². The van der Waals surface area contributed by atoms with Gasteiger partial charge >= 0.3 is 12.1 Å². The topological polar surface area (TPSA) is 78.3 Å². The standard InChI is InChI=1S/C19H19F3N4O3/c1-11-15(17(27)29-9-14-3-2-8-28-14)16(26-18(25-11)23-10-24-26)12-4-6-13(7-5-12)19(20,21)22/h4-7,10,14,16H,2-3,8-9H2,1H3,(H,23,24,25)/t14-,16+/m1/s1. The smallest absolute Gasteiger partial charge is 0.416 e. The predicted molar refractivity (Wildman–Crippen MR) is 95.9 cm³/mol. The fraction of sp³-hybridized carbons (Fsp3) is 0.421. The van der Waals surface area contributed by atoms with Crippen molar-refractivity contribution in [2.75, 3.05) is 18.5 Å². The normalized spacial score (nSPS) is 21.7. The number of allylic oxidation sites excluding steroid dienone is 1. The van der Waals surface area contributed by atoms with Gasteiger partial charge < -0.3 is 14.8 Å². The van der Waals surface area contributed by atoms with Crippen LogP contribution in [0.25, 0.3) is 0 Å². The van der Waals surface area contributed by atoms with E-state index in [1.807, 2.05) is 0 Å². The summed E-state index contributed by atoms with van der Waals surface area (Å²) in [6.45, 7) is 2.46. The largest absolute Gasteiger partial charge is 0.459 e. The van der Waals surface area contributed by atoms with Gasteiger partial charge in [-0.1, -0.05) is 12.1 Å². The van der Waals surface area contributed by atoms with Crippen molar-refractivity contribution in [1.29, 1.82) is 0 Å². The first kappa shape index (κ1) is 19.4. The summed E-state index contributed by atoms with van der Waals surface area (Å²) in [7, 11) is 0. The molecule has 0 unspecified atom stereocenters. The molecule has 29 heavy (non-hydrogen) atoms. The molecule has 1 N–H and O–H groups in total. The molecule has 4 rings (SSSR count). The zero-order chi connectivity index (χ0) is 20.6. The van der Waals surface area contributed by atoms with Crippen molar-refractivity contribution >= 4 is 11.9 Å². The maximum atomic E-state index is 12.9. The third-order valence-electron chi connectivity index (χ3n) is 4.99. The van der Waals surface area contributed by atoms with E-state index in [-0.39, 0.29) is 18.3 Å². The van der Waals surface area contributed by atoms with Crippen LogP contribution in [0.15, 0.2) is 41.9 Å². The molecule has 1 aromatic heterocycles. The summed E-state index contributed by atoms with van der Waals surface area (Å²) in [5.41, 5.74) is 0.473. The van der Waals surface area contributed by atoms with Crippen LogP contribution in [-0.4, -0.2) is 40.1 Å². The summed E-state index contributed by atoms with van der Waals surface area (Å²) in [5.74, 6) is -0.181. The van der Waals surface area contributed by atoms with Gasteiger partial charge in [-0.2, -0.15) is 23.3 Å². The van der Waals surface area contributed by atoms with Crippen LogP contribution in [0.1, 0.15) is 36.9 Å². The second-order valence-electron chi connectivity index (χ2n) is 6.95. The monoisotopic (exact) mass is 408 g/mol. The van der Waals surface area contributed by atoms with E-state index in [2.05, 4.69) is 15.4 Å². The van der Waals surface area contributed by atoms with Gasteiger partial charge in [-0.3, -0.25) is 0 Å². The number of alkyl halides is 3. The second-order valence-corrected chi connectivity index (χ2v) is 6.95. The third kappa shape index (κ3) is 3.84. The van der Waals surface area contributed by atoms with Gasteiger partial charge in [0.05, 0.1) is 17.2 Å². The van der Waals surface area contributed by atoms with E-state index in [9.17, 15) is 18.0 Å². The number of aromatic nitrogens is 3. The number of carbonyl (C=O) groups excluding carboxylic acids is 1. The number of fused-ring (bicyclic) bond motifs is 1. The Morgan fingerprint density at radius 1 is 1.34 bits per heavy atom. The highest BCUT2D eigenvalue weighted by atomic mass is 19.4. The highest BCUT2D eigenvalue weighted by Gasteiger charge is 2.36. The minimum Gasteiger partial charge on any atom is -0.459 e. The molecule has 0 spiro atoms. The molecule has 0 saturated carbocycles. The Labute approximate surface area is 164 Å². The number of anilines is 1. The Hall–Kier alpha value is -2.88. The summed E-state index contributed by atoms with van der Waals surface area (Å²) in [6.07, 6.45) is -1.53. The number of carbonyl (C=O) groups is 1. The van der Waals surface area contributed by atoms with Crippen LogP contribution < -0.4 is 5.32 Å². The molecule has 10 heteroatoms. The first-order valence-electron chi connectivity index (χ1n) is 9.18. The lowest BCUT2D eigenvalue weighted by molar-refractivity contribution is -0.143. The number of nitrogens with zero attached hydrogens (tertiary/aromatic N) is 3. The van der Waals surface area contributed by atoms with E-state index in [1.54, 1.807) is 6.92 Å². The Morgan fingerprint density at radius 2 is 2.10 bits per heavy atom. The van der Waals surface area contributed by atoms with E-state index in [4.69, 9.17) is 9.47 Å². The minimum atomic E-state index is -4.44. The molecular weight excluding hydrogens is 389 g/mol. The van der Waals surface area contributed by atoms with E-state index in [0.717, 1.165) is 25.0 Å². The Morgan fingerprint density at radius 3 is 2.76 bits per heavy atom. The van der Waals surface area contributed by atoms with Crippen LogP contribution in [0.3, 0.4) is 0 Å². The molecule has 2 atom stereocenters. The van der Waals surface area contributed by atoms with Crippen LogP contribution in [0.5, 0.6) is 0 Å². The summed E-state index contributed by atoms with van der Waals surface area (Å²) in [4.78, 5) is 17.0. The van der Waals surface area contributed by atoms with Gasteiger partial charge in [0.1, 0.15) is 19.0 Å². The lowest BCUT2D eigenvalue weighted by Gasteiger charge is -2.28. The average molecular weight is 408 g/mol. The molecule has 2 aromatic rings. The number of halogens is 3. The molecule has 154 valence electrons. The van der Waals surface area contributed by atoms with Gasteiger partial charge in [-0.25, -0.2) is 9.48 Å².